The number of aryl methyl sites for hydroxylation is 2. The second kappa shape index (κ2) is 10.2. The maximum absolute atomic E-state index is 13.1. The first-order valence-corrected chi connectivity index (χ1v) is 13.0. The lowest BCUT2D eigenvalue weighted by molar-refractivity contribution is 0.102. The molecular formula is C27H24N2O3S2. The Hall–Kier alpha value is -3.55. The van der Waals surface area contributed by atoms with Crippen molar-refractivity contribution < 1.29 is 13.2 Å². The molecule has 0 saturated heterocycles. The average Bonchev–Trinajstić information content (AvgIpc) is 2.82. The van der Waals surface area contributed by atoms with Gasteiger partial charge in [0.05, 0.1) is 16.3 Å². The Morgan fingerprint density at radius 3 is 2.12 bits per heavy atom. The van der Waals surface area contributed by atoms with E-state index in [2.05, 4.69) is 10.0 Å². The molecule has 5 nitrogen and oxygen atoms in total. The van der Waals surface area contributed by atoms with Gasteiger partial charge < -0.3 is 5.32 Å². The Kier molecular flexibility index (Phi) is 7.05. The van der Waals surface area contributed by atoms with E-state index in [9.17, 15) is 13.2 Å². The van der Waals surface area contributed by atoms with Crippen LogP contribution in [0.1, 0.15) is 21.5 Å². The van der Waals surface area contributed by atoms with Crippen molar-refractivity contribution in [3.8, 4) is 0 Å². The Morgan fingerprint density at radius 2 is 1.38 bits per heavy atom. The molecule has 0 aliphatic heterocycles. The third kappa shape index (κ3) is 5.50. The Bertz CT molecular complexity index is 1440. The molecule has 0 aliphatic carbocycles. The SMILES string of the molecule is Cc1ccccc1NS(=O)(=O)c1cc(C(=O)Nc2ccccc2Sc2ccccc2)ccc1C. The Labute approximate surface area is 204 Å². The van der Waals surface area contributed by atoms with Crippen LogP contribution in [0.4, 0.5) is 11.4 Å². The van der Waals surface area contributed by atoms with Gasteiger partial charge in [0, 0.05) is 15.4 Å². The van der Waals surface area contributed by atoms with Crippen LogP contribution in [0.5, 0.6) is 0 Å². The van der Waals surface area contributed by atoms with Crippen LogP contribution in [0.3, 0.4) is 0 Å². The zero-order valence-electron chi connectivity index (χ0n) is 18.8. The number of hydrogen-bond donors (Lipinski definition) is 2. The highest BCUT2D eigenvalue weighted by Gasteiger charge is 2.20. The van der Waals surface area contributed by atoms with Crippen molar-refractivity contribution in [2.75, 3.05) is 10.0 Å². The Morgan fingerprint density at radius 1 is 0.735 bits per heavy atom. The molecule has 4 aromatic rings. The van der Waals surface area contributed by atoms with Crippen molar-refractivity contribution in [1.29, 1.82) is 0 Å². The largest absolute Gasteiger partial charge is 0.321 e. The molecule has 34 heavy (non-hydrogen) atoms. The number of nitrogens with one attached hydrogen (secondary N) is 2. The van der Waals surface area contributed by atoms with Crippen LogP contribution >= 0.6 is 11.8 Å². The van der Waals surface area contributed by atoms with E-state index in [-0.39, 0.29) is 16.4 Å². The van der Waals surface area contributed by atoms with Gasteiger partial charge in [0.1, 0.15) is 0 Å². The van der Waals surface area contributed by atoms with Crippen molar-refractivity contribution in [1.82, 2.24) is 0 Å². The number of carbonyl (C=O) groups is 1. The number of para-hydroxylation sites is 2. The summed E-state index contributed by atoms with van der Waals surface area (Å²) in [4.78, 5) is 15.1. The van der Waals surface area contributed by atoms with E-state index in [1.165, 1.54) is 6.07 Å². The minimum Gasteiger partial charge on any atom is -0.321 e. The number of sulfonamides is 1. The third-order valence-electron chi connectivity index (χ3n) is 5.24. The van der Waals surface area contributed by atoms with Gasteiger partial charge in [-0.3, -0.25) is 9.52 Å². The quantitative estimate of drug-likeness (QED) is 0.311. The molecule has 0 heterocycles. The molecule has 0 bridgehead atoms. The maximum Gasteiger partial charge on any atom is 0.262 e. The second-order valence-corrected chi connectivity index (χ2v) is 10.5. The highest BCUT2D eigenvalue weighted by molar-refractivity contribution is 7.99. The molecule has 0 saturated carbocycles. The summed E-state index contributed by atoms with van der Waals surface area (Å²) in [6.07, 6.45) is 0. The molecule has 7 heteroatoms. The van der Waals surface area contributed by atoms with Gasteiger partial charge in [0.2, 0.25) is 0 Å². The molecular weight excluding hydrogens is 464 g/mol. The fourth-order valence-corrected chi connectivity index (χ4v) is 5.71. The fraction of sp³-hybridized carbons (Fsp3) is 0.0741. The van der Waals surface area contributed by atoms with E-state index in [0.717, 1.165) is 15.4 Å². The van der Waals surface area contributed by atoms with Gasteiger partial charge in [-0.2, -0.15) is 0 Å². The minimum absolute atomic E-state index is 0.0651. The normalized spacial score (nSPS) is 11.1. The van der Waals surface area contributed by atoms with E-state index in [1.807, 2.05) is 73.7 Å². The number of anilines is 2. The van der Waals surface area contributed by atoms with Gasteiger partial charge >= 0.3 is 0 Å². The summed E-state index contributed by atoms with van der Waals surface area (Å²) in [5, 5.41) is 2.93. The molecule has 0 radical (unpaired) electrons. The monoisotopic (exact) mass is 488 g/mol. The first-order valence-electron chi connectivity index (χ1n) is 10.7. The number of carbonyl (C=O) groups excluding carboxylic acids is 1. The van der Waals surface area contributed by atoms with Crippen LogP contribution in [0, 0.1) is 13.8 Å². The predicted octanol–water partition coefficient (Wildman–Crippen LogP) is 6.51. The standard InChI is InChI=1S/C27H24N2O3S2/c1-19-10-6-7-13-23(19)29-34(31,32)26-18-21(17-16-20(26)2)27(30)28-24-14-8-9-15-25(24)33-22-11-4-3-5-12-22/h3-18,29H,1-2H3,(H,28,30). The third-order valence-corrected chi connectivity index (χ3v) is 7.83. The summed E-state index contributed by atoms with van der Waals surface area (Å²) in [6.45, 7) is 3.54. The molecule has 0 atom stereocenters. The van der Waals surface area contributed by atoms with Crippen LogP contribution in [-0.4, -0.2) is 14.3 Å². The Balaban J connectivity index is 1.59. The molecule has 1 amide bonds. The van der Waals surface area contributed by atoms with Gasteiger partial charge in [0.25, 0.3) is 15.9 Å². The summed E-state index contributed by atoms with van der Waals surface area (Å²) in [5.74, 6) is -0.381. The van der Waals surface area contributed by atoms with Crippen molar-refractivity contribution in [2.45, 2.75) is 28.5 Å². The summed E-state index contributed by atoms with van der Waals surface area (Å²) in [6, 6.07) is 29.2. The topological polar surface area (TPSA) is 75.3 Å². The van der Waals surface area contributed by atoms with Crippen LogP contribution < -0.4 is 10.0 Å². The average molecular weight is 489 g/mol. The molecule has 0 aliphatic rings. The van der Waals surface area contributed by atoms with Crippen LogP contribution in [0.2, 0.25) is 0 Å². The second-order valence-electron chi connectivity index (χ2n) is 7.77. The smallest absolute Gasteiger partial charge is 0.262 e. The van der Waals surface area contributed by atoms with Crippen molar-refractivity contribution in [2.24, 2.45) is 0 Å². The van der Waals surface area contributed by atoms with Crippen LogP contribution in [0.25, 0.3) is 0 Å². The van der Waals surface area contributed by atoms with E-state index >= 15 is 0 Å². The number of hydrogen-bond acceptors (Lipinski definition) is 4. The zero-order chi connectivity index (χ0) is 24.1. The maximum atomic E-state index is 13.1. The molecule has 0 aromatic heterocycles. The first-order chi connectivity index (χ1) is 16.3. The molecule has 0 fully saturated rings. The highest BCUT2D eigenvalue weighted by Crippen LogP contribution is 2.33. The summed E-state index contributed by atoms with van der Waals surface area (Å²) >= 11 is 1.54. The predicted molar refractivity (Wildman–Crippen MR) is 138 cm³/mol. The van der Waals surface area contributed by atoms with Crippen LogP contribution in [-0.2, 0) is 10.0 Å². The summed E-state index contributed by atoms with van der Waals surface area (Å²) in [5.41, 5.74) is 2.78. The van der Waals surface area contributed by atoms with Gasteiger partial charge in [0.15, 0.2) is 0 Å². The lowest BCUT2D eigenvalue weighted by atomic mass is 10.1. The molecule has 4 rings (SSSR count). The summed E-state index contributed by atoms with van der Waals surface area (Å²) < 4.78 is 28.9. The number of benzene rings is 4. The van der Waals surface area contributed by atoms with Crippen LogP contribution in [0.15, 0.2) is 112 Å². The van der Waals surface area contributed by atoms with Crippen molar-refractivity contribution in [3.63, 3.8) is 0 Å². The molecule has 0 spiro atoms. The molecule has 4 aromatic carbocycles. The number of rotatable bonds is 7. The summed E-state index contributed by atoms with van der Waals surface area (Å²) in [7, 11) is -3.88. The van der Waals surface area contributed by atoms with E-state index in [4.69, 9.17) is 0 Å². The highest BCUT2D eigenvalue weighted by atomic mass is 32.2. The molecule has 0 unspecified atom stereocenters. The zero-order valence-corrected chi connectivity index (χ0v) is 20.4. The lowest BCUT2D eigenvalue weighted by Gasteiger charge is -2.14. The van der Waals surface area contributed by atoms with Gasteiger partial charge in [-0.1, -0.05) is 66.4 Å². The fourth-order valence-electron chi connectivity index (χ4n) is 3.39. The minimum atomic E-state index is -3.88. The van der Waals surface area contributed by atoms with E-state index in [0.29, 0.717) is 16.9 Å². The first kappa shape index (κ1) is 23.6. The lowest BCUT2D eigenvalue weighted by Crippen LogP contribution is -2.17. The van der Waals surface area contributed by atoms with E-state index in [1.54, 1.807) is 43.0 Å². The van der Waals surface area contributed by atoms with Gasteiger partial charge in [-0.25, -0.2) is 8.42 Å². The van der Waals surface area contributed by atoms with Crippen molar-refractivity contribution in [3.05, 3.63) is 114 Å². The number of amides is 1. The molecule has 172 valence electrons. The van der Waals surface area contributed by atoms with Gasteiger partial charge in [-0.15, -0.1) is 0 Å². The molecule has 2 N–H and O–H groups in total. The van der Waals surface area contributed by atoms with Gasteiger partial charge in [-0.05, 0) is 67.4 Å². The van der Waals surface area contributed by atoms with E-state index < -0.39 is 10.0 Å². The van der Waals surface area contributed by atoms with Crippen molar-refractivity contribution >= 4 is 39.1 Å².